The Morgan fingerprint density at radius 2 is 1.70 bits per heavy atom. The van der Waals surface area contributed by atoms with Gasteiger partial charge in [-0.3, -0.25) is 9.36 Å². The molecule has 0 saturated heterocycles. The number of thiazole rings is 1. The van der Waals surface area contributed by atoms with Gasteiger partial charge in [-0.25, -0.2) is 9.79 Å². The SMILES string of the molecule is CCOC(=O)C1=C(C)N=c2s/c(=C/c3ccc(OCc4ccc(Cl)cc4Cl)c(OCC)c3)c(=O)n2C1c1ccc(OC)c(OC)c1. The van der Waals surface area contributed by atoms with Gasteiger partial charge in [-0.1, -0.05) is 52.7 Å². The van der Waals surface area contributed by atoms with Crippen molar-refractivity contribution in [3.05, 3.63) is 112 Å². The van der Waals surface area contributed by atoms with Crippen LogP contribution in [0.15, 0.2) is 75.7 Å². The van der Waals surface area contributed by atoms with Crippen molar-refractivity contribution in [1.82, 2.24) is 4.57 Å². The Kier molecular flexibility index (Phi) is 10.4. The van der Waals surface area contributed by atoms with Crippen molar-refractivity contribution < 1.29 is 28.5 Å². The minimum absolute atomic E-state index is 0.174. The van der Waals surface area contributed by atoms with Gasteiger partial charge >= 0.3 is 5.97 Å². The van der Waals surface area contributed by atoms with E-state index in [1.807, 2.05) is 25.1 Å². The third-order valence-electron chi connectivity index (χ3n) is 7.20. The molecule has 0 fully saturated rings. The molecule has 0 amide bonds. The first kappa shape index (κ1) is 33.1. The molecule has 0 N–H and O–H groups in total. The van der Waals surface area contributed by atoms with Gasteiger partial charge in [0.25, 0.3) is 5.56 Å². The fourth-order valence-electron chi connectivity index (χ4n) is 5.08. The summed E-state index contributed by atoms with van der Waals surface area (Å²) in [5.41, 5.74) is 2.56. The van der Waals surface area contributed by atoms with Gasteiger partial charge in [-0.15, -0.1) is 0 Å². The van der Waals surface area contributed by atoms with Gasteiger partial charge in [0.05, 0.1) is 49.3 Å². The summed E-state index contributed by atoms with van der Waals surface area (Å²) >= 11 is 13.6. The summed E-state index contributed by atoms with van der Waals surface area (Å²) in [5, 5.41) is 1.05. The molecule has 0 radical (unpaired) electrons. The largest absolute Gasteiger partial charge is 0.493 e. The third kappa shape index (κ3) is 6.79. The monoisotopic (exact) mass is 682 g/mol. The summed E-state index contributed by atoms with van der Waals surface area (Å²) in [5.74, 6) is 1.47. The van der Waals surface area contributed by atoms with Crippen molar-refractivity contribution in [3.8, 4) is 23.0 Å². The van der Waals surface area contributed by atoms with Crippen LogP contribution in [0.3, 0.4) is 0 Å². The highest BCUT2D eigenvalue weighted by Crippen LogP contribution is 2.36. The molecule has 3 aromatic carbocycles. The van der Waals surface area contributed by atoms with Gasteiger partial charge in [-0.2, -0.15) is 0 Å². The van der Waals surface area contributed by atoms with Gasteiger partial charge in [0.15, 0.2) is 27.8 Å². The fraction of sp³-hybridized carbons (Fsp3) is 0.265. The molecule has 1 unspecified atom stereocenters. The van der Waals surface area contributed by atoms with Crippen LogP contribution in [0.5, 0.6) is 23.0 Å². The molecule has 0 bridgehead atoms. The number of esters is 1. The van der Waals surface area contributed by atoms with Gasteiger partial charge in [0.2, 0.25) is 0 Å². The van der Waals surface area contributed by atoms with Crippen molar-refractivity contribution in [1.29, 1.82) is 0 Å². The van der Waals surface area contributed by atoms with Crippen molar-refractivity contribution >= 4 is 46.6 Å². The lowest BCUT2D eigenvalue weighted by Gasteiger charge is -2.25. The first-order chi connectivity index (χ1) is 22.2. The lowest BCUT2D eigenvalue weighted by molar-refractivity contribution is -0.139. The molecule has 0 aliphatic carbocycles. The molecule has 1 aromatic heterocycles. The maximum atomic E-state index is 14.1. The van der Waals surface area contributed by atoms with E-state index in [4.69, 9.17) is 46.9 Å². The van der Waals surface area contributed by atoms with Crippen LogP contribution >= 0.6 is 34.5 Å². The van der Waals surface area contributed by atoms with E-state index in [1.165, 1.54) is 23.0 Å². The lowest BCUT2D eigenvalue weighted by atomic mass is 9.95. The number of rotatable bonds is 11. The standard InChI is InChI=1S/C34H32Cl2N2O7S/c1-6-43-28-14-20(8-12-26(28)45-18-22-9-11-23(35)17-24(22)36)15-29-32(39)38-31(21-10-13-25(41-4)27(16-21)42-5)30(33(40)44-7-2)19(3)37-34(38)46-29/h8-17,31H,6-7,18H2,1-5H3/b29-15+. The zero-order chi connectivity index (χ0) is 33.0. The van der Waals surface area contributed by atoms with Crippen LogP contribution in [0.1, 0.15) is 43.5 Å². The average Bonchev–Trinajstić information content (AvgIpc) is 3.34. The minimum Gasteiger partial charge on any atom is -0.493 e. The number of aromatic nitrogens is 1. The highest BCUT2D eigenvalue weighted by Gasteiger charge is 2.34. The molecule has 46 heavy (non-hydrogen) atoms. The van der Waals surface area contributed by atoms with E-state index >= 15 is 0 Å². The van der Waals surface area contributed by atoms with E-state index in [-0.39, 0.29) is 24.3 Å². The summed E-state index contributed by atoms with van der Waals surface area (Å²) in [6, 6.07) is 15.1. The Bertz CT molecular complexity index is 2000. The highest BCUT2D eigenvalue weighted by molar-refractivity contribution is 7.07. The van der Waals surface area contributed by atoms with E-state index in [9.17, 15) is 9.59 Å². The summed E-state index contributed by atoms with van der Waals surface area (Å²) in [6.07, 6.45) is 1.77. The number of ether oxygens (including phenoxy) is 5. The average molecular weight is 684 g/mol. The van der Waals surface area contributed by atoms with Crippen LogP contribution in [0.2, 0.25) is 10.0 Å². The molecule has 0 spiro atoms. The molecule has 2 heterocycles. The number of carbonyl (C=O) groups excluding carboxylic acids is 1. The van der Waals surface area contributed by atoms with E-state index in [0.29, 0.717) is 60.2 Å². The van der Waals surface area contributed by atoms with Crippen LogP contribution in [-0.2, 0) is 16.1 Å². The highest BCUT2D eigenvalue weighted by atomic mass is 35.5. The number of halogens is 2. The number of hydrogen-bond donors (Lipinski definition) is 0. The lowest BCUT2D eigenvalue weighted by Crippen LogP contribution is -2.39. The minimum atomic E-state index is -0.799. The quantitative estimate of drug-likeness (QED) is 0.176. The fourth-order valence-corrected chi connectivity index (χ4v) is 6.59. The Morgan fingerprint density at radius 3 is 2.39 bits per heavy atom. The Balaban J connectivity index is 1.57. The molecule has 12 heteroatoms. The molecule has 240 valence electrons. The van der Waals surface area contributed by atoms with Crippen molar-refractivity contribution in [3.63, 3.8) is 0 Å². The molecule has 1 atom stereocenters. The normalized spacial score (nSPS) is 14.4. The predicted molar refractivity (Wildman–Crippen MR) is 178 cm³/mol. The number of fused-ring (bicyclic) bond motifs is 1. The van der Waals surface area contributed by atoms with Crippen molar-refractivity contribution in [2.75, 3.05) is 27.4 Å². The van der Waals surface area contributed by atoms with Gasteiger partial charge in [-0.05, 0) is 74.4 Å². The van der Waals surface area contributed by atoms with Gasteiger partial charge < -0.3 is 23.7 Å². The van der Waals surface area contributed by atoms with Crippen LogP contribution in [0.4, 0.5) is 0 Å². The van der Waals surface area contributed by atoms with Crippen LogP contribution in [-0.4, -0.2) is 38.0 Å². The summed E-state index contributed by atoms with van der Waals surface area (Å²) in [4.78, 5) is 32.4. The molecule has 1 aliphatic rings. The Morgan fingerprint density at radius 1 is 0.935 bits per heavy atom. The van der Waals surface area contributed by atoms with Gasteiger partial charge in [0, 0.05) is 15.6 Å². The zero-order valence-electron chi connectivity index (χ0n) is 25.9. The molecule has 1 aliphatic heterocycles. The topological polar surface area (TPSA) is 97.6 Å². The van der Waals surface area contributed by atoms with Crippen molar-refractivity contribution in [2.24, 2.45) is 4.99 Å². The van der Waals surface area contributed by atoms with Gasteiger partial charge in [0.1, 0.15) is 6.61 Å². The molecular weight excluding hydrogens is 651 g/mol. The molecule has 9 nitrogen and oxygen atoms in total. The first-order valence-corrected chi connectivity index (χ1v) is 16.0. The van der Waals surface area contributed by atoms with E-state index in [1.54, 1.807) is 63.4 Å². The second-order valence-electron chi connectivity index (χ2n) is 10.1. The van der Waals surface area contributed by atoms with Crippen LogP contribution in [0, 0.1) is 0 Å². The summed E-state index contributed by atoms with van der Waals surface area (Å²) in [7, 11) is 3.07. The van der Waals surface area contributed by atoms with Crippen LogP contribution in [0.25, 0.3) is 6.08 Å². The molecule has 0 saturated carbocycles. The number of carbonyl (C=O) groups is 1. The number of benzene rings is 3. The zero-order valence-corrected chi connectivity index (χ0v) is 28.2. The van der Waals surface area contributed by atoms with Crippen molar-refractivity contribution in [2.45, 2.75) is 33.4 Å². The maximum absolute atomic E-state index is 14.1. The van der Waals surface area contributed by atoms with E-state index < -0.39 is 12.0 Å². The number of methoxy groups -OCH3 is 2. The molecule has 5 rings (SSSR count). The second-order valence-corrected chi connectivity index (χ2v) is 11.9. The van der Waals surface area contributed by atoms with E-state index in [0.717, 1.165) is 11.1 Å². The predicted octanol–water partition coefficient (Wildman–Crippen LogP) is 6.10. The third-order valence-corrected chi connectivity index (χ3v) is 8.77. The first-order valence-electron chi connectivity index (χ1n) is 14.4. The maximum Gasteiger partial charge on any atom is 0.338 e. The second kappa shape index (κ2) is 14.5. The van der Waals surface area contributed by atoms with E-state index in [2.05, 4.69) is 4.99 Å². The summed E-state index contributed by atoms with van der Waals surface area (Å²) in [6.45, 7) is 6.14. The molecule has 4 aromatic rings. The number of nitrogens with zero attached hydrogens (tertiary/aromatic N) is 2. The summed E-state index contributed by atoms with van der Waals surface area (Å²) < 4.78 is 30.2. The number of hydrogen-bond acceptors (Lipinski definition) is 9. The number of allylic oxidation sites excluding steroid dienone is 1. The smallest absolute Gasteiger partial charge is 0.338 e. The Hall–Kier alpha value is -4.25. The molecular formula is C34H32Cl2N2O7S. The van der Waals surface area contributed by atoms with Crippen LogP contribution < -0.4 is 33.8 Å². The Labute approximate surface area is 279 Å².